The Balaban J connectivity index is 1.86. The molecule has 0 bridgehead atoms. The highest BCUT2D eigenvalue weighted by atomic mass is 32.2. The second-order valence-electron chi connectivity index (χ2n) is 5.58. The molecule has 0 aromatic carbocycles. The van der Waals surface area contributed by atoms with Gasteiger partial charge in [-0.15, -0.1) is 0 Å². The summed E-state index contributed by atoms with van der Waals surface area (Å²) in [5, 5.41) is 4.14. The summed E-state index contributed by atoms with van der Waals surface area (Å²) in [4.78, 5) is 7.61. The highest BCUT2D eigenvalue weighted by Gasteiger charge is 2.34. The van der Waals surface area contributed by atoms with Crippen molar-refractivity contribution in [3.05, 3.63) is 29.6 Å². The van der Waals surface area contributed by atoms with Crippen molar-refractivity contribution in [3.8, 4) is 0 Å². The molecule has 126 valence electrons. The van der Waals surface area contributed by atoms with Crippen molar-refractivity contribution in [2.24, 2.45) is 0 Å². The number of nitrogens with zero attached hydrogens (tertiary/aromatic N) is 4. The fourth-order valence-electron chi connectivity index (χ4n) is 2.75. The van der Waals surface area contributed by atoms with Crippen molar-refractivity contribution in [2.75, 3.05) is 19.7 Å². The zero-order chi connectivity index (χ0) is 16.6. The molecule has 1 N–H and O–H groups in total. The summed E-state index contributed by atoms with van der Waals surface area (Å²) in [6.07, 6.45) is 2.76. The summed E-state index contributed by atoms with van der Waals surface area (Å²) < 4.78 is 34.6. The molecule has 1 saturated heterocycles. The molecule has 2 aromatic heterocycles. The summed E-state index contributed by atoms with van der Waals surface area (Å²) in [6.45, 7) is 7.15. The molecule has 0 unspecified atom stereocenters. The highest BCUT2D eigenvalue weighted by Crippen LogP contribution is 2.26. The van der Waals surface area contributed by atoms with Crippen LogP contribution in [0.25, 0.3) is 0 Å². The molecule has 1 aliphatic heterocycles. The summed E-state index contributed by atoms with van der Waals surface area (Å²) in [5.74, 6) is 0.656. The average molecular weight is 339 g/mol. The molecule has 0 spiro atoms. The quantitative estimate of drug-likeness (QED) is 0.897. The first-order valence-corrected chi connectivity index (χ1v) is 9.03. The third kappa shape index (κ3) is 2.91. The number of aromatic amines is 1. The van der Waals surface area contributed by atoms with Gasteiger partial charge in [0.15, 0.2) is 0 Å². The Hall–Kier alpha value is -1.71. The minimum absolute atomic E-state index is 0.242. The topological polar surface area (TPSA) is 93.1 Å². The largest absolute Gasteiger partial charge is 0.368 e. The number of imidazole rings is 1. The second-order valence-corrected chi connectivity index (χ2v) is 7.49. The molecule has 8 nitrogen and oxygen atoms in total. The first-order chi connectivity index (χ1) is 10.9. The number of sulfonamides is 1. The van der Waals surface area contributed by atoms with E-state index in [-0.39, 0.29) is 17.5 Å². The van der Waals surface area contributed by atoms with Crippen LogP contribution in [0, 0.1) is 13.8 Å². The number of morpholine rings is 1. The maximum Gasteiger partial charge on any atom is 0.246 e. The molecule has 23 heavy (non-hydrogen) atoms. The summed E-state index contributed by atoms with van der Waals surface area (Å²) in [6, 6.07) is 0. The predicted molar refractivity (Wildman–Crippen MR) is 83.4 cm³/mol. The normalized spacial score (nSPS) is 20.0. The van der Waals surface area contributed by atoms with Crippen molar-refractivity contribution in [1.82, 2.24) is 24.1 Å². The van der Waals surface area contributed by atoms with E-state index < -0.39 is 10.0 Å². The van der Waals surface area contributed by atoms with Crippen molar-refractivity contribution in [1.29, 1.82) is 0 Å². The van der Waals surface area contributed by atoms with Gasteiger partial charge in [0.2, 0.25) is 10.0 Å². The van der Waals surface area contributed by atoms with Crippen molar-refractivity contribution in [3.63, 3.8) is 0 Å². The molecule has 0 aliphatic carbocycles. The molecule has 0 saturated carbocycles. The summed E-state index contributed by atoms with van der Waals surface area (Å²) in [7, 11) is -3.59. The van der Waals surface area contributed by atoms with E-state index in [1.54, 1.807) is 17.8 Å². The first kappa shape index (κ1) is 16.2. The van der Waals surface area contributed by atoms with E-state index in [1.165, 1.54) is 10.5 Å². The Labute approximate surface area is 135 Å². The highest BCUT2D eigenvalue weighted by molar-refractivity contribution is 7.89. The molecule has 1 aliphatic rings. The molecule has 1 atom stereocenters. The molecule has 3 heterocycles. The van der Waals surface area contributed by atoms with Gasteiger partial charge in [-0.2, -0.15) is 9.40 Å². The van der Waals surface area contributed by atoms with Gasteiger partial charge in [0.05, 0.1) is 18.5 Å². The van der Waals surface area contributed by atoms with Gasteiger partial charge in [0, 0.05) is 31.5 Å². The number of nitrogens with one attached hydrogen (secondary N) is 1. The lowest BCUT2D eigenvalue weighted by Gasteiger charge is -2.31. The minimum Gasteiger partial charge on any atom is -0.368 e. The maximum absolute atomic E-state index is 12.9. The molecule has 0 amide bonds. The zero-order valence-corrected chi connectivity index (χ0v) is 14.3. The second kappa shape index (κ2) is 6.06. The van der Waals surface area contributed by atoms with E-state index in [2.05, 4.69) is 15.1 Å². The van der Waals surface area contributed by atoms with Gasteiger partial charge in [-0.05, 0) is 20.8 Å². The lowest BCUT2D eigenvalue weighted by molar-refractivity contribution is -0.00712. The van der Waals surface area contributed by atoms with Crippen LogP contribution in [0.3, 0.4) is 0 Å². The number of aryl methyl sites for hydroxylation is 2. The van der Waals surface area contributed by atoms with Gasteiger partial charge in [0.25, 0.3) is 0 Å². The zero-order valence-electron chi connectivity index (χ0n) is 13.5. The van der Waals surface area contributed by atoms with E-state index >= 15 is 0 Å². The van der Waals surface area contributed by atoms with Crippen LogP contribution in [0.2, 0.25) is 0 Å². The van der Waals surface area contributed by atoms with Crippen LogP contribution in [0.4, 0.5) is 0 Å². The fraction of sp³-hybridized carbons (Fsp3) is 0.571. The molecule has 0 radical (unpaired) electrons. The number of H-pyrrole nitrogens is 1. The lowest BCUT2D eigenvalue weighted by atomic mass is 10.3. The number of hydrogen-bond donors (Lipinski definition) is 1. The molecular formula is C14H21N5O3S. The van der Waals surface area contributed by atoms with E-state index in [4.69, 9.17) is 4.74 Å². The van der Waals surface area contributed by atoms with Gasteiger partial charge in [-0.25, -0.2) is 13.4 Å². The van der Waals surface area contributed by atoms with E-state index in [0.717, 1.165) is 5.69 Å². The van der Waals surface area contributed by atoms with Gasteiger partial charge < -0.3 is 9.72 Å². The number of rotatable bonds is 4. The SMILES string of the molecule is CCn1ncc(S(=O)(=O)N2CCO[C@@H](c3ncc(C)[nH]3)C2)c1C. The van der Waals surface area contributed by atoms with Crippen LogP contribution in [0.5, 0.6) is 0 Å². The van der Waals surface area contributed by atoms with Crippen LogP contribution in [-0.2, 0) is 21.3 Å². The predicted octanol–water partition coefficient (Wildman–Crippen LogP) is 1.01. The Morgan fingerprint density at radius 1 is 1.39 bits per heavy atom. The monoisotopic (exact) mass is 339 g/mol. The molecular weight excluding hydrogens is 318 g/mol. The Morgan fingerprint density at radius 2 is 2.17 bits per heavy atom. The van der Waals surface area contributed by atoms with Crippen LogP contribution in [0.1, 0.15) is 30.2 Å². The molecule has 3 rings (SSSR count). The third-order valence-electron chi connectivity index (χ3n) is 4.03. The smallest absolute Gasteiger partial charge is 0.246 e. The average Bonchev–Trinajstić information content (AvgIpc) is 3.13. The van der Waals surface area contributed by atoms with Crippen molar-refractivity contribution in [2.45, 2.75) is 38.3 Å². The minimum atomic E-state index is -3.59. The third-order valence-corrected chi connectivity index (χ3v) is 6.00. The number of aromatic nitrogens is 4. The Kier molecular flexibility index (Phi) is 4.26. The lowest BCUT2D eigenvalue weighted by Crippen LogP contribution is -2.42. The van der Waals surface area contributed by atoms with Gasteiger partial charge in [0.1, 0.15) is 16.8 Å². The molecule has 1 fully saturated rings. The summed E-state index contributed by atoms with van der Waals surface area (Å²) >= 11 is 0. The van der Waals surface area contributed by atoms with E-state index in [1.807, 2.05) is 13.8 Å². The van der Waals surface area contributed by atoms with Crippen LogP contribution >= 0.6 is 0 Å². The van der Waals surface area contributed by atoms with E-state index in [9.17, 15) is 8.42 Å². The summed E-state index contributed by atoms with van der Waals surface area (Å²) in [5.41, 5.74) is 1.58. The number of hydrogen-bond acceptors (Lipinski definition) is 5. The van der Waals surface area contributed by atoms with Crippen molar-refractivity contribution >= 4 is 10.0 Å². The Bertz CT molecular complexity index is 795. The van der Waals surface area contributed by atoms with E-state index in [0.29, 0.717) is 31.2 Å². The maximum atomic E-state index is 12.9. The standard InChI is InChI=1S/C14H21N5O3S/c1-4-19-11(3)13(8-16-19)23(20,21)18-5-6-22-12(9-18)14-15-7-10(2)17-14/h7-8,12H,4-6,9H2,1-3H3,(H,15,17)/t12-/m1/s1. The number of ether oxygens (including phenoxy) is 1. The van der Waals surface area contributed by atoms with Crippen molar-refractivity contribution < 1.29 is 13.2 Å². The van der Waals surface area contributed by atoms with Crippen LogP contribution < -0.4 is 0 Å². The van der Waals surface area contributed by atoms with Crippen LogP contribution in [0.15, 0.2) is 17.3 Å². The fourth-order valence-corrected chi connectivity index (χ4v) is 4.33. The Morgan fingerprint density at radius 3 is 2.78 bits per heavy atom. The van der Waals surface area contributed by atoms with Gasteiger partial charge in [-0.3, -0.25) is 4.68 Å². The first-order valence-electron chi connectivity index (χ1n) is 7.59. The van der Waals surface area contributed by atoms with Gasteiger partial charge in [-0.1, -0.05) is 0 Å². The van der Waals surface area contributed by atoms with Crippen LogP contribution in [-0.4, -0.2) is 52.2 Å². The molecule has 2 aromatic rings. The molecule has 9 heteroatoms. The van der Waals surface area contributed by atoms with Gasteiger partial charge >= 0.3 is 0 Å².